The minimum Gasteiger partial charge on any atom is -0.481 e. The molecule has 24 nitrogen and oxygen atoms in total. The highest BCUT2D eigenvalue weighted by Gasteiger charge is 2.74. The highest BCUT2D eigenvalue weighted by Crippen LogP contribution is 2.76. The van der Waals surface area contributed by atoms with Crippen LogP contribution < -0.4 is 0 Å². The van der Waals surface area contributed by atoms with E-state index in [-0.39, 0.29) is 30.8 Å². The zero-order valence-corrected chi connectivity index (χ0v) is 44.8. The summed E-state index contributed by atoms with van der Waals surface area (Å²) in [7, 11) is 0. The average molecular weight is 1110 g/mol. The van der Waals surface area contributed by atoms with Crippen molar-refractivity contribution in [3.05, 3.63) is 11.6 Å². The smallest absolute Gasteiger partial charge is 0.315 e. The van der Waals surface area contributed by atoms with E-state index in [4.69, 9.17) is 37.9 Å². The molecule has 9 rings (SSSR count). The molecule has 440 valence electrons. The van der Waals surface area contributed by atoms with Gasteiger partial charge in [0.15, 0.2) is 25.0 Å². The molecular formula is C53H84O24. The summed E-state index contributed by atoms with van der Waals surface area (Å²) < 4.78 is 47.3. The molecule has 4 heterocycles. The molecule has 0 aromatic rings. The molecule has 29 atom stereocenters. The number of carboxylic acid groups (broad SMARTS) is 1. The number of aliphatic carboxylic acids is 1. The lowest BCUT2D eigenvalue weighted by Gasteiger charge is -2.71. The summed E-state index contributed by atoms with van der Waals surface area (Å²) in [6.07, 6.45) is -27.9. The van der Waals surface area contributed by atoms with Crippen LogP contribution in [0.25, 0.3) is 0 Å². The first-order valence-corrected chi connectivity index (χ1v) is 27.4. The molecular weight excluding hydrogens is 1020 g/mol. The van der Waals surface area contributed by atoms with Crippen LogP contribution in [0.15, 0.2) is 11.6 Å². The Morgan fingerprint density at radius 1 is 0.623 bits per heavy atom. The van der Waals surface area contributed by atoms with E-state index in [2.05, 4.69) is 26.8 Å². The number of carboxylic acids is 1. The molecule has 5 aliphatic carbocycles. The fourth-order valence-electron chi connectivity index (χ4n) is 16.4. The molecule has 4 aliphatic heterocycles. The summed E-state index contributed by atoms with van der Waals surface area (Å²) in [4.78, 5) is 29.1. The predicted octanol–water partition coefficient (Wildman–Crippen LogP) is -2.33. The van der Waals surface area contributed by atoms with Gasteiger partial charge in [-0.05, 0) is 113 Å². The Morgan fingerprint density at radius 2 is 1.23 bits per heavy atom. The van der Waals surface area contributed by atoms with Crippen molar-refractivity contribution in [3.63, 3.8) is 0 Å². The third-order valence-corrected chi connectivity index (χ3v) is 21.0. The maximum absolute atomic E-state index is 15.4. The highest BCUT2D eigenvalue weighted by atomic mass is 16.8. The zero-order chi connectivity index (χ0) is 56.4. The molecule has 0 radical (unpaired) electrons. The molecule has 77 heavy (non-hydrogen) atoms. The second kappa shape index (κ2) is 21.3. The van der Waals surface area contributed by atoms with Crippen LogP contribution in [0.5, 0.6) is 0 Å². The van der Waals surface area contributed by atoms with Crippen molar-refractivity contribution in [1.82, 2.24) is 0 Å². The monoisotopic (exact) mass is 1100 g/mol. The van der Waals surface area contributed by atoms with Gasteiger partial charge in [-0.3, -0.25) is 9.59 Å². The van der Waals surface area contributed by atoms with Gasteiger partial charge in [-0.2, -0.15) is 0 Å². The number of rotatable bonds is 11. The number of aliphatic hydroxyl groups is 13. The number of ether oxygens (including phenoxy) is 8. The van der Waals surface area contributed by atoms with Gasteiger partial charge in [-0.1, -0.05) is 39.3 Å². The molecule has 0 aromatic heterocycles. The molecule has 9 aliphatic rings. The van der Waals surface area contributed by atoms with Crippen LogP contribution in [0.3, 0.4) is 0 Å². The van der Waals surface area contributed by atoms with E-state index < -0.39 is 193 Å². The number of fused-ring (bicyclic) bond motifs is 7. The van der Waals surface area contributed by atoms with Gasteiger partial charge in [0.05, 0.1) is 49.0 Å². The Bertz CT molecular complexity index is 2180. The van der Waals surface area contributed by atoms with E-state index in [9.17, 15) is 76.3 Å². The largest absolute Gasteiger partial charge is 0.481 e. The molecule has 4 saturated carbocycles. The Hall–Kier alpha value is -2.12. The maximum atomic E-state index is 15.4. The second-order valence-corrected chi connectivity index (χ2v) is 25.6. The van der Waals surface area contributed by atoms with Crippen LogP contribution in [-0.4, -0.2) is 232 Å². The average Bonchev–Trinajstić information content (AvgIpc) is 3.57. The van der Waals surface area contributed by atoms with Gasteiger partial charge in [0, 0.05) is 5.41 Å². The molecule has 4 saturated heterocycles. The van der Waals surface area contributed by atoms with E-state index in [0.29, 0.717) is 44.9 Å². The van der Waals surface area contributed by atoms with Crippen molar-refractivity contribution >= 4 is 11.9 Å². The fourth-order valence-corrected chi connectivity index (χ4v) is 16.4. The van der Waals surface area contributed by atoms with Crippen LogP contribution in [0.4, 0.5) is 0 Å². The Kier molecular flexibility index (Phi) is 16.4. The fraction of sp³-hybridized carbons (Fsp3) is 0.925. The van der Waals surface area contributed by atoms with Crippen LogP contribution in [0.1, 0.15) is 106 Å². The number of carbonyl (C=O) groups excluding carboxylic acids is 1. The third-order valence-electron chi connectivity index (χ3n) is 21.0. The zero-order valence-electron chi connectivity index (χ0n) is 44.8. The van der Waals surface area contributed by atoms with Gasteiger partial charge in [-0.25, -0.2) is 0 Å². The van der Waals surface area contributed by atoms with Gasteiger partial charge >= 0.3 is 11.9 Å². The Balaban J connectivity index is 0.978. The molecule has 14 N–H and O–H groups in total. The minimum atomic E-state index is -1.90. The molecule has 0 aromatic carbocycles. The van der Waals surface area contributed by atoms with E-state index in [1.807, 2.05) is 6.92 Å². The number of carbonyl (C=O) groups is 2. The van der Waals surface area contributed by atoms with Gasteiger partial charge in [-0.15, -0.1) is 0 Å². The molecule has 0 spiro atoms. The number of hydrogen-bond acceptors (Lipinski definition) is 23. The van der Waals surface area contributed by atoms with Crippen molar-refractivity contribution in [1.29, 1.82) is 0 Å². The van der Waals surface area contributed by atoms with E-state index in [1.54, 1.807) is 0 Å². The summed E-state index contributed by atoms with van der Waals surface area (Å²) in [6.45, 7) is 11.3. The van der Waals surface area contributed by atoms with Crippen LogP contribution >= 0.6 is 0 Å². The van der Waals surface area contributed by atoms with Crippen LogP contribution in [-0.2, 0) is 47.5 Å². The number of esters is 1. The molecule has 8 fully saturated rings. The summed E-state index contributed by atoms with van der Waals surface area (Å²) in [6, 6.07) is 0. The van der Waals surface area contributed by atoms with E-state index in [1.165, 1.54) is 20.8 Å². The molecule has 29 unspecified atom stereocenters. The summed E-state index contributed by atoms with van der Waals surface area (Å²) in [5, 5.41) is 153. The molecule has 24 heteroatoms. The Labute approximate surface area is 446 Å². The standard InChI is InChI=1S/C53H84O24/c1-21-30(58)34(62)40(75-43-38(66)35(63)39(22(2)72-43)74-42-36(64)31(59)26(57)19-70-42)45(71-21)77-47(69)52-13-12-48(3,4)16-24(52)23-8-9-28-49(5)17-25(56)41(76-44-37(65)33(61)32(60)27(18-54)73-44)51(7,46(67)68)29(49)10-11-50(28,6)53(23,20-55)15-14-52/h8,21-22,24-45,54-66H,9-20H2,1-7H3,(H,67,68). The van der Waals surface area contributed by atoms with Crippen LogP contribution in [0.2, 0.25) is 0 Å². The quantitative estimate of drug-likeness (QED) is 0.0586. The minimum absolute atomic E-state index is 0.0510. The second-order valence-electron chi connectivity index (χ2n) is 25.6. The summed E-state index contributed by atoms with van der Waals surface area (Å²) in [5.74, 6) is -3.40. The van der Waals surface area contributed by atoms with Crippen molar-refractivity contribution in [2.45, 2.75) is 235 Å². The molecule has 0 bridgehead atoms. The number of aliphatic hydroxyl groups excluding tert-OH is 13. The lowest BCUT2D eigenvalue weighted by molar-refractivity contribution is -0.373. The molecule has 0 amide bonds. The third kappa shape index (κ3) is 9.37. The van der Waals surface area contributed by atoms with Gasteiger partial charge in [0.25, 0.3) is 0 Å². The van der Waals surface area contributed by atoms with Crippen molar-refractivity contribution in [3.8, 4) is 0 Å². The highest BCUT2D eigenvalue weighted by molar-refractivity contribution is 5.79. The van der Waals surface area contributed by atoms with Gasteiger partial charge in [0.1, 0.15) is 79.4 Å². The summed E-state index contributed by atoms with van der Waals surface area (Å²) in [5.41, 5.74) is -4.96. The van der Waals surface area contributed by atoms with Gasteiger partial charge in [0.2, 0.25) is 6.29 Å². The number of allylic oxidation sites excluding steroid dienone is 1. The van der Waals surface area contributed by atoms with Crippen molar-refractivity contribution in [2.24, 2.45) is 50.2 Å². The first kappa shape index (κ1) is 59.5. The topological polar surface area (TPSA) is 391 Å². The predicted molar refractivity (Wildman–Crippen MR) is 259 cm³/mol. The van der Waals surface area contributed by atoms with E-state index >= 15 is 4.79 Å². The van der Waals surface area contributed by atoms with Crippen molar-refractivity contribution < 1.29 is 119 Å². The van der Waals surface area contributed by atoms with Crippen molar-refractivity contribution in [2.75, 3.05) is 19.8 Å². The SMILES string of the molecule is CC1OC(OC(=O)C23CCC(C)(C)CC2C2=CCC4C5(C)CC(O)C(OC6OC(CO)C(O)C(O)C6O)C(C)(C(=O)O)C5CCC4(C)C2(CO)CC3)C(OC2OC(C)C(OC3OCC(O)C(O)C3O)C(O)C2O)C(O)C1O. The Morgan fingerprint density at radius 3 is 1.90 bits per heavy atom. The lowest BCUT2D eigenvalue weighted by atomic mass is 9.33. The first-order valence-electron chi connectivity index (χ1n) is 27.4. The number of hydrogen-bond donors (Lipinski definition) is 14. The van der Waals surface area contributed by atoms with Gasteiger partial charge < -0.3 is 109 Å². The first-order chi connectivity index (χ1) is 36.0. The maximum Gasteiger partial charge on any atom is 0.315 e. The normalized spacial score (nSPS) is 54.6. The van der Waals surface area contributed by atoms with Crippen LogP contribution in [0, 0.1) is 50.2 Å². The summed E-state index contributed by atoms with van der Waals surface area (Å²) >= 11 is 0. The lowest BCUT2D eigenvalue weighted by Crippen LogP contribution is -2.71. The van der Waals surface area contributed by atoms with E-state index in [0.717, 1.165) is 5.57 Å².